The molecule has 5 rings (SSSR count). The molecular weight excluding hydrogens is 607 g/mol. The maximum atomic E-state index is 5.48. The zero-order valence-corrected chi connectivity index (χ0v) is 20.5. The molecule has 0 bridgehead atoms. The molecule has 0 fully saturated rings. The minimum atomic E-state index is 0. The maximum Gasteiger partial charge on any atom is 2.00 e. The van der Waals surface area contributed by atoms with E-state index in [2.05, 4.69) is 16.0 Å². The Kier molecular flexibility index (Phi) is 7.23. The van der Waals surface area contributed by atoms with Crippen LogP contribution in [0.1, 0.15) is 0 Å². The first-order valence-electron chi connectivity index (χ1n) is 10.2. The standard InChI is InChI=1S/C27H19N4S.Pt/c32-25-13-5-4-11-23(25)20-17-21(19-28-18-20)24-12-8-15-27(30-24)31(22-9-2-1-3-10-22)26-14-6-7-16-29-26;/h1-16,18-19,32H;/q-1;+2/p-1. The molecule has 162 valence electrons. The molecule has 0 aliphatic carbocycles. The van der Waals surface area contributed by atoms with Gasteiger partial charge in [0.25, 0.3) is 0 Å². The summed E-state index contributed by atoms with van der Waals surface area (Å²) in [5, 5.41) is 0. The van der Waals surface area contributed by atoms with Crippen molar-refractivity contribution in [1.82, 2.24) is 15.0 Å². The topological polar surface area (TPSA) is 41.9 Å². The van der Waals surface area contributed by atoms with Gasteiger partial charge in [0, 0.05) is 17.6 Å². The number of nitrogens with zero attached hydrogens (tertiary/aromatic N) is 4. The summed E-state index contributed by atoms with van der Waals surface area (Å²) in [5.74, 6) is 1.55. The van der Waals surface area contributed by atoms with Crippen LogP contribution >= 0.6 is 0 Å². The number of pyridine rings is 3. The summed E-state index contributed by atoms with van der Waals surface area (Å²) in [4.78, 5) is 16.7. The van der Waals surface area contributed by atoms with Crippen molar-refractivity contribution in [2.75, 3.05) is 4.90 Å². The minimum absolute atomic E-state index is 0. The van der Waals surface area contributed by atoms with Crippen LogP contribution in [0.25, 0.3) is 22.4 Å². The molecule has 4 nitrogen and oxygen atoms in total. The van der Waals surface area contributed by atoms with E-state index in [0.717, 1.165) is 44.6 Å². The van der Waals surface area contributed by atoms with Crippen LogP contribution in [0.15, 0.2) is 114 Å². The van der Waals surface area contributed by atoms with Gasteiger partial charge in [0.05, 0.1) is 0 Å². The molecule has 0 aliphatic rings. The van der Waals surface area contributed by atoms with Gasteiger partial charge < -0.3 is 17.6 Å². The predicted molar refractivity (Wildman–Crippen MR) is 130 cm³/mol. The first kappa shape index (κ1) is 22.8. The molecular formula is C27H18N4PtS. The quantitative estimate of drug-likeness (QED) is 0.168. The summed E-state index contributed by atoms with van der Waals surface area (Å²) >= 11 is 5.48. The van der Waals surface area contributed by atoms with Gasteiger partial charge in [0.15, 0.2) is 0 Å². The Balaban J connectivity index is 0.00000259. The Bertz CT molecular complexity index is 1310. The second kappa shape index (κ2) is 10.5. The van der Waals surface area contributed by atoms with Crippen molar-refractivity contribution in [3.63, 3.8) is 0 Å². The van der Waals surface area contributed by atoms with E-state index in [4.69, 9.17) is 17.6 Å². The Morgan fingerprint density at radius 1 is 0.697 bits per heavy atom. The Hall–Kier alpha value is -3.40. The van der Waals surface area contributed by atoms with Crippen LogP contribution in [0.3, 0.4) is 0 Å². The van der Waals surface area contributed by atoms with E-state index in [0.29, 0.717) is 0 Å². The van der Waals surface area contributed by atoms with Crippen molar-refractivity contribution in [3.05, 3.63) is 116 Å². The van der Waals surface area contributed by atoms with Crippen molar-refractivity contribution >= 4 is 30.0 Å². The first-order valence-corrected chi connectivity index (χ1v) is 10.6. The monoisotopic (exact) mass is 625 g/mol. The number of aromatic nitrogens is 3. The molecule has 0 saturated carbocycles. The fourth-order valence-electron chi connectivity index (χ4n) is 3.49. The Morgan fingerprint density at radius 3 is 2.21 bits per heavy atom. The summed E-state index contributed by atoms with van der Waals surface area (Å²) in [6.45, 7) is 0. The van der Waals surface area contributed by atoms with Gasteiger partial charge in [-0.15, -0.1) is 17.2 Å². The second-order valence-electron chi connectivity index (χ2n) is 7.10. The zero-order valence-electron chi connectivity index (χ0n) is 17.4. The molecule has 2 aromatic carbocycles. The van der Waals surface area contributed by atoms with Gasteiger partial charge in [-0.25, -0.2) is 9.88 Å². The SMILES string of the molecule is [Pt+2].[S-]c1ccccc1-c1[c-]c(-c2cccc(N(c3ccccc3)c3ccccn3)n2)cnc1. The molecule has 0 spiro atoms. The molecule has 5 aromatic rings. The van der Waals surface area contributed by atoms with Crippen molar-refractivity contribution in [2.45, 2.75) is 4.90 Å². The van der Waals surface area contributed by atoms with E-state index in [1.807, 2.05) is 95.9 Å². The van der Waals surface area contributed by atoms with E-state index in [-0.39, 0.29) is 21.1 Å². The van der Waals surface area contributed by atoms with E-state index in [1.165, 1.54) is 0 Å². The number of rotatable bonds is 5. The summed E-state index contributed by atoms with van der Waals surface area (Å²) in [6, 6.07) is 33.1. The Labute approximate surface area is 213 Å². The first-order chi connectivity index (χ1) is 15.8. The minimum Gasteiger partial charge on any atom is -0.787 e. The third-order valence-corrected chi connectivity index (χ3v) is 5.34. The molecule has 33 heavy (non-hydrogen) atoms. The van der Waals surface area contributed by atoms with E-state index < -0.39 is 0 Å². The van der Waals surface area contributed by atoms with Gasteiger partial charge in [-0.3, -0.25) is 9.88 Å². The van der Waals surface area contributed by atoms with E-state index in [9.17, 15) is 0 Å². The summed E-state index contributed by atoms with van der Waals surface area (Å²) in [5.41, 5.74) is 4.34. The van der Waals surface area contributed by atoms with Crippen molar-refractivity contribution in [1.29, 1.82) is 0 Å². The number of para-hydroxylation sites is 1. The summed E-state index contributed by atoms with van der Waals surface area (Å²) in [6.07, 6.45) is 5.33. The third-order valence-electron chi connectivity index (χ3n) is 4.99. The summed E-state index contributed by atoms with van der Waals surface area (Å²) < 4.78 is 0. The number of anilines is 3. The third kappa shape index (κ3) is 5.00. The molecule has 0 saturated heterocycles. The van der Waals surface area contributed by atoms with Crippen LogP contribution in [-0.2, 0) is 33.7 Å². The number of benzene rings is 2. The van der Waals surface area contributed by atoms with Crippen LogP contribution in [0.4, 0.5) is 17.3 Å². The molecule has 0 radical (unpaired) electrons. The smallest absolute Gasteiger partial charge is 0.787 e. The van der Waals surface area contributed by atoms with Crippen molar-refractivity contribution in [3.8, 4) is 22.4 Å². The number of hydrogen-bond donors (Lipinski definition) is 0. The van der Waals surface area contributed by atoms with Gasteiger partial charge in [-0.1, -0.05) is 66.2 Å². The van der Waals surface area contributed by atoms with Crippen LogP contribution in [0.5, 0.6) is 0 Å². The van der Waals surface area contributed by atoms with Crippen molar-refractivity contribution < 1.29 is 21.1 Å². The van der Waals surface area contributed by atoms with E-state index >= 15 is 0 Å². The fraction of sp³-hybridized carbons (Fsp3) is 0. The average Bonchev–Trinajstić information content (AvgIpc) is 2.86. The van der Waals surface area contributed by atoms with Gasteiger partial charge in [0.1, 0.15) is 11.6 Å². The fourth-order valence-corrected chi connectivity index (χ4v) is 3.75. The van der Waals surface area contributed by atoms with Gasteiger partial charge in [0.2, 0.25) is 0 Å². The van der Waals surface area contributed by atoms with Gasteiger partial charge in [-0.05, 0) is 42.7 Å². The largest absolute Gasteiger partial charge is 2.00 e. The zero-order chi connectivity index (χ0) is 21.8. The molecule has 3 heterocycles. The molecule has 3 aromatic heterocycles. The van der Waals surface area contributed by atoms with Crippen LogP contribution in [-0.4, -0.2) is 15.0 Å². The molecule has 0 aliphatic heterocycles. The van der Waals surface area contributed by atoms with Crippen LogP contribution < -0.4 is 4.90 Å². The van der Waals surface area contributed by atoms with Gasteiger partial charge >= 0.3 is 21.1 Å². The predicted octanol–water partition coefficient (Wildman–Crippen LogP) is 6.38. The molecule has 6 heteroatoms. The molecule has 0 amide bonds. The Morgan fingerprint density at radius 2 is 1.42 bits per heavy atom. The normalized spacial score (nSPS) is 10.3. The second-order valence-corrected chi connectivity index (χ2v) is 7.54. The van der Waals surface area contributed by atoms with Crippen LogP contribution in [0, 0.1) is 6.07 Å². The molecule has 0 atom stereocenters. The molecule has 0 N–H and O–H groups in total. The number of hydrogen-bond acceptors (Lipinski definition) is 5. The van der Waals surface area contributed by atoms with E-state index in [1.54, 1.807) is 18.6 Å². The maximum absolute atomic E-state index is 5.48. The van der Waals surface area contributed by atoms with Crippen molar-refractivity contribution in [2.24, 2.45) is 0 Å². The molecule has 0 unspecified atom stereocenters. The summed E-state index contributed by atoms with van der Waals surface area (Å²) in [7, 11) is 0. The van der Waals surface area contributed by atoms with Crippen LogP contribution in [0.2, 0.25) is 0 Å². The van der Waals surface area contributed by atoms with Gasteiger partial charge in [-0.2, -0.15) is 0 Å². The average molecular weight is 626 g/mol.